The Balaban J connectivity index is 1.34. The minimum atomic E-state index is -1.37. The van der Waals surface area contributed by atoms with Crippen molar-refractivity contribution in [2.75, 3.05) is 32.7 Å². The number of ether oxygens (including phenoxy) is 2. The maximum absolute atomic E-state index is 14.4. The molecular weight excluding hydrogens is 678 g/mol. The Kier molecular flexibility index (Phi) is 13.3. The number of hydrogen-bond donors (Lipinski definition) is 3. The highest BCUT2D eigenvalue weighted by Crippen LogP contribution is 2.37. The molecule has 13 nitrogen and oxygen atoms in total. The third kappa shape index (κ3) is 10.9. The summed E-state index contributed by atoms with van der Waals surface area (Å²) in [6, 6.07) is 5.93. The lowest BCUT2D eigenvalue weighted by atomic mass is 9.92. The summed E-state index contributed by atoms with van der Waals surface area (Å²) in [5.41, 5.74) is 0.164. The number of carboxylic acids is 1. The zero-order chi connectivity index (χ0) is 38.3. The number of piperidine rings is 1. The summed E-state index contributed by atoms with van der Waals surface area (Å²) in [6.45, 7) is 12.6. The summed E-state index contributed by atoms with van der Waals surface area (Å²) in [6.07, 6.45) is 6.56. The third-order valence-corrected chi connectivity index (χ3v) is 10.9. The van der Waals surface area contributed by atoms with Gasteiger partial charge in [0.25, 0.3) is 0 Å². The zero-order valence-electron chi connectivity index (χ0n) is 32.4. The van der Waals surface area contributed by atoms with Gasteiger partial charge >= 0.3 is 18.2 Å². The van der Waals surface area contributed by atoms with E-state index in [-0.39, 0.29) is 19.0 Å². The maximum atomic E-state index is 14.4. The lowest BCUT2D eigenvalue weighted by molar-refractivity contribution is -0.145. The molecule has 0 bridgehead atoms. The predicted octanol–water partition coefficient (Wildman–Crippen LogP) is 5.41. The van der Waals surface area contributed by atoms with Gasteiger partial charge in [0.2, 0.25) is 11.8 Å². The van der Waals surface area contributed by atoms with Crippen LogP contribution >= 0.6 is 0 Å². The summed E-state index contributed by atoms with van der Waals surface area (Å²) < 4.78 is 11.7. The van der Waals surface area contributed by atoms with Crippen molar-refractivity contribution in [1.29, 1.82) is 0 Å². The Labute approximate surface area is 314 Å². The summed E-state index contributed by atoms with van der Waals surface area (Å²) in [5.74, 6) is -1.68. The van der Waals surface area contributed by atoms with Crippen molar-refractivity contribution in [3.05, 3.63) is 35.4 Å². The third-order valence-electron chi connectivity index (χ3n) is 10.9. The van der Waals surface area contributed by atoms with Gasteiger partial charge in [0.1, 0.15) is 29.3 Å². The minimum absolute atomic E-state index is 0.00772. The second-order valence-corrected chi connectivity index (χ2v) is 16.9. The predicted molar refractivity (Wildman–Crippen MR) is 199 cm³/mol. The number of alkyl carbamates (subject to hydrolysis) is 1. The molecule has 1 unspecified atom stereocenters. The van der Waals surface area contributed by atoms with Crippen molar-refractivity contribution >= 4 is 30.0 Å². The van der Waals surface area contributed by atoms with E-state index in [0.29, 0.717) is 51.1 Å². The molecule has 5 rings (SSSR count). The fraction of sp³-hybridized carbons (Fsp3) is 0.725. The summed E-state index contributed by atoms with van der Waals surface area (Å²) in [4.78, 5) is 72.8. The molecule has 4 amide bonds. The molecule has 1 saturated carbocycles. The van der Waals surface area contributed by atoms with Gasteiger partial charge in [-0.25, -0.2) is 14.4 Å². The van der Waals surface area contributed by atoms with E-state index >= 15 is 0 Å². The van der Waals surface area contributed by atoms with Crippen molar-refractivity contribution in [2.45, 2.75) is 147 Å². The van der Waals surface area contributed by atoms with Gasteiger partial charge in [0.15, 0.2) is 0 Å². The van der Waals surface area contributed by atoms with Gasteiger partial charge < -0.3 is 35.0 Å². The smallest absolute Gasteiger partial charge is 0.410 e. The first-order valence-electron chi connectivity index (χ1n) is 19.8. The van der Waals surface area contributed by atoms with E-state index in [2.05, 4.69) is 41.5 Å². The molecule has 0 spiro atoms. The van der Waals surface area contributed by atoms with Gasteiger partial charge in [-0.05, 0) is 89.4 Å². The average Bonchev–Trinajstić information content (AvgIpc) is 3.77. The van der Waals surface area contributed by atoms with Crippen LogP contribution in [0.3, 0.4) is 0 Å². The zero-order valence-corrected chi connectivity index (χ0v) is 32.4. The monoisotopic (exact) mass is 739 g/mol. The summed E-state index contributed by atoms with van der Waals surface area (Å²) in [7, 11) is 0. The van der Waals surface area contributed by atoms with E-state index in [9.17, 15) is 29.1 Å². The molecule has 4 atom stereocenters. The molecular formula is C40H61N5O8. The Morgan fingerprint density at radius 3 is 2.30 bits per heavy atom. The Morgan fingerprint density at radius 2 is 1.64 bits per heavy atom. The van der Waals surface area contributed by atoms with Crippen LogP contribution < -0.4 is 10.6 Å². The summed E-state index contributed by atoms with van der Waals surface area (Å²) in [5, 5.41) is 15.2. The number of nitrogens with zero attached hydrogens (tertiary/aromatic N) is 3. The number of unbranched alkanes of at least 4 members (excludes halogenated alkanes) is 2. The van der Waals surface area contributed by atoms with E-state index in [4.69, 9.17) is 9.47 Å². The van der Waals surface area contributed by atoms with Gasteiger partial charge in [0.05, 0.1) is 12.6 Å². The van der Waals surface area contributed by atoms with Crippen molar-refractivity contribution in [1.82, 2.24) is 25.3 Å². The van der Waals surface area contributed by atoms with Gasteiger partial charge in [-0.15, -0.1) is 0 Å². The molecule has 1 aliphatic carbocycles. The number of fused-ring (bicyclic) bond motifs is 1. The van der Waals surface area contributed by atoms with Crippen LogP contribution in [0.5, 0.6) is 0 Å². The number of carbonyl (C=O) groups excluding carboxylic acids is 4. The van der Waals surface area contributed by atoms with Crippen molar-refractivity contribution in [2.24, 2.45) is 5.92 Å². The van der Waals surface area contributed by atoms with Crippen molar-refractivity contribution in [3.63, 3.8) is 0 Å². The molecule has 1 aromatic rings. The molecule has 1 aromatic carbocycles. The van der Waals surface area contributed by atoms with E-state index in [1.807, 2.05) is 12.1 Å². The molecule has 2 saturated heterocycles. The Hall–Kier alpha value is -3.87. The van der Waals surface area contributed by atoms with E-state index < -0.39 is 59.3 Å². The largest absolute Gasteiger partial charge is 0.480 e. The normalized spacial score (nSPS) is 23.2. The Bertz CT molecular complexity index is 1470. The first kappa shape index (κ1) is 40.3. The highest BCUT2D eigenvalue weighted by Gasteiger charge is 2.54. The molecule has 294 valence electrons. The van der Waals surface area contributed by atoms with Crippen LogP contribution in [0, 0.1) is 5.92 Å². The highest BCUT2D eigenvalue weighted by atomic mass is 16.6. The number of aliphatic carboxylic acids is 1. The first-order valence-corrected chi connectivity index (χ1v) is 19.8. The standard InChI is InChI=1S/C40H61N5O8/c1-27(2)14-8-6-9-17-31(41-37(50)53-39(3,4)5)35(47)45-25-29(24-32(45)34(46)42-40(19-20-40)36(48)49)52-38(51)44-23-18-28-15-10-11-16-30(28)33(44)26-43-21-12-7-13-22-43/h10-11,15-16,27,29,31-33H,6-9,12-14,17-26H2,1-5H3,(H,41,50)(H,42,46)(H,48,49)/t29-,31+,32+,33?/m1/s1. The van der Waals surface area contributed by atoms with Crippen LogP contribution in [0.2, 0.25) is 0 Å². The molecule has 3 N–H and O–H groups in total. The number of hydrogen-bond acceptors (Lipinski definition) is 8. The summed E-state index contributed by atoms with van der Waals surface area (Å²) >= 11 is 0. The number of benzene rings is 1. The molecule has 3 fully saturated rings. The van der Waals surface area contributed by atoms with Gasteiger partial charge in [0, 0.05) is 19.5 Å². The molecule has 3 aliphatic heterocycles. The van der Waals surface area contributed by atoms with E-state index in [0.717, 1.165) is 50.8 Å². The minimum Gasteiger partial charge on any atom is -0.480 e. The topological polar surface area (TPSA) is 158 Å². The average molecular weight is 740 g/mol. The molecule has 4 aliphatic rings. The molecule has 53 heavy (non-hydrogen) atoms. The fourth-order valence-corrected chi connectivity index (χ4v) is 7.86. The van der Waals surface area contributed by atoms with Gasteiger partial charge in [-0.1, -0.05) is 70.2 Å². The van der Waals surface area contributed by atoms with E-state index in [1.165, 1.54) is 16.9 Å². The van der Waals surface area contributed by atoms with Crippen LogP contribution in [0.4, 0.5) is 9.59 Å². The molecule has 3 heterocycles. The quantitative estimate of drug-likeness (QED) is 0.212. The number of carbonyl (C=O) groups is 5. The van der Waals surface area contributed by atoms with Crippen LogP contribution in [-0.4, -0.2) is 112 Å². The van der Waals surface area contributed by atoms with Gasteiger partial charge in [-0.3, -0.25) is 14.5 Å². The second kappa shape index (κ2) is 17.5. The van der Waals surface area contributed by atoms with Crippen LogP contribution in [-0.2, 0) is 30.3 Å². The molecule has 13 heteroatoms. The van der Waals surface area contributed by atoms with Gasteiger partial charge in [-0.2, -0.15) is 0 Å². The number of nitrogens with one attached hydrogen (secondary N) is 2. The molecule has 0 aromatic heterocycles. The molecule has 0 radical (unpaired) electrons. The second-order valence-electron chi connectivity index (χ2n) is 16.9. The fourth-order valence-electron chi connectivity index (χ4n) is 7.86. The first-order chi connectivity index (χ1) is 25.2. The Morgan fingerprint density at radius 1 is 0.943 bits per heavy atom. The van der Waals surface area contributed by atoms with Crippen LogP contribution in [0.15, 0.2) is 24.3 Å². The SMILES string of the molecule is CC(C)CCCCC[C@H](NC(=O)OC(C)(C)C)C(=O)N1C[C@H](OC(=O)N2CCc3ccccc3C2CN2CCCCC2)C[C@H]1C(=O)NC1(C(=O)O)CC1. The lowest BCUT2D eigenvalue weighted by Crippen LogP contribution is -2.56. The number of amides is 4. The van der Waals surface area contributed by atoms with Crippen molar-refractivity contribution in [3.8, 4) is 0 Å². The van der Waals surface area contributed by atoms with E-state index in [1.54, 1.807) is 25.7 Å². The number of rotatable bonds is 14. The van der Waals surface area contributed by atoms with Crippen molar-refractivity contribution < 1.29 is 38.6 Å². The highest BCUT2D eigenvalue weighted by molar-refractivity contribution is 5.95. The number of likely N-dealkylation sites (tertiary alicyclic amines) is 2. The number of carboxylic acid groups (broad SMARTS) is 1. The van der Waals surface area contributed by atoms with Crippen LogP contribution in [0.25, 0.3) is 0 Å². The lowest BCUT2D eigenvalue weighted by Gasteiger charge is -2.40. The maximum Gasteiger partial charge on any atom is 0.410 e. The van der Waals surface area contributed by atoms with Crippen LogP contribution in [0.1, 0.15) is 122 Å².